The Balaban J connectivity index is 4.05. The van der Waals surface area contributed by atoms with E-state index in [2.05, 4.69) is 10.6 Å². The molecule has 134 valence electrons. The number of ketones is 1. The number of unbranched alkanes of at least 4 members (excludes halogenated alkanes) is 1. The molecule has 0 aromatic carbocycles. The number of nitrogens with two attached hydrogens (primary N) is 1. The SMILES string of the molecule is CC(=O)N[C@@H](CCCCNC(=O)OC(C)(C)C)C(=O)CCCN. The van der Waals surface area contributed by atoms with Gasteiger partial charge in [0, 0.05) is 19.9 Å². The van der Waals surface area contributed by atoms with Gasteiger partial charge >= 0.3 is 6.09 Å². The van der Waals surface area contributed by atoms with E-state index in [0.717, 1.165) is 6.42 Å². The first-order chi connectivity index (χ1) is 10.7. The highest BCUT2D eigenvalue weighted by Gasteiger charge is 2.18. The van der Waals surface area contributed by atoms with Crippen LogP contribution in [0.3, 0.4) is 0 Å². The van der Waals surface area contributed by atoms with E-state index >= 15 is 0 Å². The summed E-state index contributed by atoms with van der Waals surface area (Å²) in [5, 5.41) is 5.35. The summed E-state index contributed by atoms with van der Waals surface area (Å²) in [5.41, 5.74) is 4.88. The zero-order chi connectivity index (χ0) is 17.9. The molecule has 0 bridgehead atoms. The van der Waals surface area contributed by atoms with Gasteiger partial charge in [-0.1, -0.05) is 0 Å². The number of alkyl carbamates (subject to hydrolysis) is 1. The minimum absolute atomic E-state index is 0.00533. The minimum Gasteiger partial charge on any atom is -0.444 e. The summed E-state index contributed by atoms with van der Waals surface area (Å²) >= 11 is 0. The molecule has 2 amide bonds. The van der Waals surface area contributed by atoms with E-state index in [1.807, 2.05) is 0 Å². The van der Waals surface area contributed by atoms with Crippen molar-refractivity contribution in [2.24, 2.45) is 5.73 Å². The topological polar surface area (TPSA) is 111 Å². The molecule has 4 N–H and O–H groups in total. The number of rotatable bonds is 10. The van der Waals surface area contributed by atoms with Crippen molar-refractivity contribution in [3.63, 3.8) is 0 Å². The fraction of sp³-hybridized carbons (Fsp3) is 0.812. The van der Waals surface area contributed by atoms with Crippen LogP contribution in [0, 0.1) is 0 Å². The lowest BCUT2D eigenvalue weighted by Gasteiger charge is -2.20. The summed E-state index contributed by atoms with van der Waals surface area (Å²) in [7, 11) is 0. The zero-order valence-electron chi connectivity index (χ0n) is 14.7. The number of amides is 2. The van der Waals surface area contributed by atoms with Gasteiger partial charge in [0.15, 0.2) is 5.78 Å². The van der Waals surface area contributed by atoms with Crippen LogP contribution in [-0.4, -0.2) is 42.5 Å². The van der Waals surface area contributed by atoms with Gasteiger partial charge in [-0.15, -0.1) is 0 Å². The first-order valence-electron chi connectivity index (χ1n) is 8.12. The first kappa shape index (κ1) is 21.4. The van der Waals surface area contributed by atoms with Gasteiger partial charge in [0.25, 0.3) is 0 Å². The molecule has 0 saturated carbocycles. The van der Waals surface area contributed by atoms with Crippen LogP contribution in [0.25, 0.3) is 0 Å². The fourth-order valence-electron chi connectivity index (χ4n) is 1.99. The number of hydrogen-bond acceptors (Lipinski definition) is 5. The van der Waals surface area contributed by atoms with E-state index < -0.39 is 17.7 Å². The Morgan fingerprint density at radius 3 is 2.30 bits per heavy atom. The summed E-state index contributed by atoms with van der Waals surface area (Å²) in [6, 6.07) is -0.472. The second-order valence-corrected chi connectivity index (χ2v) is 6.54. The number of carbonyl (C=O) groups is 3. The van der Waals surface area contributed by atoms with Gasteiger partial charge in [-0.25, -0.2) is 4.79 Å². The minimum atomic E-state index is -0.518. The van der Waals surface area contributed by atoms with Crippen LogP contribution in [0.15, 0.2) is 0 Å². The van der Waals surface area contributed by atoms with E-state index in [-0.39, 0.29) is 11.7 Å². The molecule has 0 aliphatic carbocycles. The Morgan fingerprint density at radius 2 is 1.78 bits per heavy atom. The fourth-order valence-corrected chi connectivity index (χ4v) is 1.99. The Hall–Kier alpha value is -1.63. The smallest absolute Gasteiger partial charge is 0.407 e. The molecule has 0 aromatic heterocycles. The van der Waals surface area contributed by atoms with E-state index in [1.165, 1.54) is 6.92 Å². The molecule has 0 aliphatic heterocycles. The normalized spacial score (nSPS) is 12.4. The summed E-state index contributed by atoms with van der Waals surface area (Å²) in [6.07, 6.45) is 2.52. The quantitative estimate of drug-likeness (QED) is 0.526. The summed E-state index contributed by atoms with van der Waals surface area (Å²) in [6.45, 7) is 7.73. The lowest BCUT2D eigenvalue weighted by Crippen LogP contribution is -2.40. The Labute approximate surface area is 138 Å². The highest BCUT2D eigenvalue weighted by atomic mass is 16.6. The average molecular weight is 329 g/mol. The van der Waals surface area contributed by atoms with Gasteiger partial charge in [0.2, 0.25) is 5.91 Å². The molecule has 7 nitrogen and oxygen atoms in total. The molecule has 0 heterocycles. The molecule has 0 radical (unpaired) electrons. The maximum Gasteiger partial charge on any atom is 0.407 e. The van der Waals surface area contributed by atoms with Crippen LogP contribution in [-0.2, 0) is 14.3 Å². The van der Waals surface area contributed by atoms with E-state index in [4.69, 9.17) is 10.5 Å². The highest BCUT2D eigenvalue weighted by Crippen LogP contribution is 2.07. The molecule has 23 heavy (non-hydrogen) atoms. The standard InChI is InChI=1S/C16H31N3O4/c1-12(20)19-13(14(21)9-7-10-17)8-5-6-11-18-15(22)23-16(2,3)4/h13H,5-11,17H2,1-4H3,(H,18,22)(H,19,20)/t13-/m0/s1. The van der Waals surface area contributed by atoms with Crippen molar-refractivity contribution in [1.29, 1.82) is 0 Å². The van der Waals surface area contributed by atoms with Gasteiger partial charge < -0.3 is 21.1 Å². The highest BCUT2D eigenvalue weighted by molar-refractivity contribution is 5.88. The van der Waals surface area contributed by atoms with Crippen molar-refractivity contribution in [1.82, 2.24) is 10.6 Å². The summed E-state index contributed by atoms with van der Waals surface area (Å²) in [4.78, 5) is 34.7. The van der Waals surface area contributed by atoms with Crippen molar-refractivity contribution in [2.75, 3.05) is 13.1 Å². The Kier molecular flexibility index (Phi) is 10.2. The predicted molar refractivity (Wildman–Crippen MR) is 89.0 cm³/mol. The summed E-state index contributed by atoms with van der Waals surface area (Å²) in [5.74, 6) is -0.214. The van der Waals surface area contributed by atoms with Crippen LogP contribution >= 0.6 is 0 Å². The monoisotopic (exact) mass is 329 g/mol. The second-order valence-electron chi connectivity index (χ2n) is 6.54. The third-order valence-corrected chi connectivity index (χ3v) is 2.98. The number of carbonyl (C=O) groups excluding carboxylic acids is 3. The third-order valence-electron chi connectivity index (χ3n) is 2.98. The Morgan fingerprint density at radius 1 is 1.13 bits per heavy atom. The van der Waals surface area contributed by atoms with Gasteiger partial charge in [0.1, 0.15) is 5.60 Å². The van der Waals surface area contributed by atoms with Crippen LogP contribution in [0.1, 0.15) is 59.8 Å². The molecule has 0 saturated heterocycles. The maximum absolute atomic E-state index is 12.0. The molecule has 0 fully saturated rings. The van der Waals surface area contributed by atoms with E-state index in [0.29, 0.717) is 38.8 Å². The molecule has 1 atom stereocenters. The van der Waals surface area contributed by atoms with E-state index in [9.17, 15) is 14.4 Å². The van der Waals surface area contributed by atoms with Crippen molar-refractivity contribution in [3.05, 3.63) is 0 Å². The van der Waals surface area contributed by atoms with Crippen molar-refractivity contribution in [3.8, 4) is 0 Å². The predicted octanol–water partition coefficient (Wildman–Crippen LogP) is 1.49. The molecular weight excluding hydrogens is 298 g/mol. The Bertz CT molecular complexity index is 391. The lowest BCUT2D eigenvalue weighted by molar-refractivity contribution is -0.127. The lowest BCUT2D eigenvalue weighted by atomic mass is 10.0. The number of hydrogen-bond donors (Lipinski definition) is 3. The van der Waals surface area contributed by atoms with Crippen molar-refractivity contribution < 1.29 is 19.1 Å². The van der Waals surface area contributed by atoms with Crippen LogP contribution in [0.5, 0.6) is 0 Å². The third kappa shape index (κ3) is 12.6. The molecule has 0 aromatic rings. The van der Waals surface area contributed by atoms with Crippen molar-refractivity contribution >= 4 is 17.8 Å². The van der Waals surface area contributed by atoms with Gasteiger partial charge in [-0.2, -0.15) is 0 Å². The maximum atomic E-state index is 12.0. The molecular formula is C16H31N3O4. The van der Waals surface area contributed by atoms with E-state index in [1.54, 1.807) is 20.8 Å². The first-order valence-corrected chi connectivity index (χ1v) is 8.12. The molecule has 0 rings (SSSR count). The largest absolute Gasteiger partial charge is 0.444 e. The van der Waals surface area contributed by atoms with Crippen LogP contribution in [0.4, 0.5) is 4.79 Å². The zero-order valence-corrected chi connectivity index (χ0v) is 14.7. The summed E-state index contributed by atoms with van der Waals surface area (Å²) < 4.78 is 5.13. The molecule has 7 heteroatoms. The van der Waals surface area contributed by atoms with Crippen LogP contribution < -0.4 is 16.4 Å². The average Bonchev–Trinajstić information content (AvgIpc) is 2.40. The van der Waals surface area contributed by atoms with Crippen molar-refractivity contribution in [2.45, 2.75) is 71.4 Å². The number of nitrogens with one attached hydrogen (secondary N) is 2. The second kappa shape index (κ2) is 11.0. The molecule has 0 spiro atoms. The molecule has 0 unspecified atom stereocenters. The number of ether oxygens (including phenoxy) is 1. The van der Waals surface area contributed by atoms with Gasteiger partial charge in [-0.3, -0.25) is 9.59 Å². The van der Waals surface area contributed by atoms with Crippen LogP contribution in [0.2, 0.25) is 0 Å². The van der Waals surface area contributed by atoms with Gasteiger partial charge in [0.05, 0.1) is 6.04 Å². The van der Waals surface area contributed by atoms with Gasteiger partial charge in [-0.05, 0) is 53.0 Å². The number of Topliss-reactive ketones (excluding diaryl/α,β-unsaturated/α-hetero) is 1. The molecule has 0 aliphatic rings.